The van der Waals surface area contributed by atoms with Crippen LogP contribution in [0.4, 0.5) is 10.1 Å². The third kappa shape index (κ3) is 1.89. The molecule has 1 aromatic rings. The first-order valence-corrected chi connectivity index (χ1v) is 3.94. The minimum absolute atomic E-state index is 0.0420. The van der Waals surface area contributed by atoms with Crippen LogP contribution in [0.3, 0.4) is 0 Å². The zero-order valence-corrected chi connectivity index (χ0v) is 7.75. The van der Waals surface area contributed by atoms with Gasteiger partial charge in [0.2, 0.25) is 5.82 Å². The van der Waals surface area contributed by atoms with E-state index in [4.69, 9.17) is 0 Å². The molecule has 0 aliphatic carbocycles. The van der Waals surface area contributed by atoms with Crippen LogP contribution in [0.15, 0.2) is 16.6 Å². The maximum atomic E-state index is 12.9. The van der Waals surface area contributed by atoms with Crippen molar-refractivity contribution < 1.29 is 14.1 Å². The monoisotopic (exact) mass is 247 g/mol. The number of carbonyl (C=O) groups is 1. The lowest BCUT2D eigenvalue weighted by Crippen LogP contribution is -1.95. The normalized spacial score (nSPS) is 9.69. The molecule has 0 saturated carbocycles. The molecule has 0 heterocycles. The van der Waals surface area contributed by atoms with Gasteiger partial charge in [-0.05, 0) is 28.1 Å². The third-order valence-corrected chi connectivity index (χ3v) is 1.96. The van der Waals surface area contributed by atoms with Gasteiger partial charge in [-0.25, -0.2) is 0 Å². The summed E-state index contributed by atoms with van der Waals surface area (Å²) in [6.07, 6.45) is 0.414. The van der Waals surface area contributed by atoms with Gasteiger partial charge in [-0.2, -0.15) is 4.39 Å². The maximum Gasteiger partial charge on any atom is 0.318 e. The molecule has 1 rings (SSSR count). The molecule has 0 saturated heterocycles. The van der Waals surface area contributed by atoms with Gasteiger partial charge in [0.1, 0.15) is 6.29 Å². The smallest absolute Gasteiger partial charge is 0.298 e. The number of aldehydes is 1. The summed E-state index contributed by atoms with van der Waals surface area (Å²) >= 11 is 2.80. The Balaban J connectivity index is 3.39. The molecule has 0 N–H and O–H groups in total. The van der Waals surface area contributed by atoms with Crippen LogP contribution in [0.1, 0.15) is 10.4 Å². The first-order chi connectivity index (χ1) is 6.06. The van der Waals surface area contributed by atoms with E-state index >= 15 is 0 Å². The van der Waals surface area contributed by atoms with Crippen molar-refractivity contribution in [3.63, 3.8) is 0 Å². The number of halogens is 2. The van der Waals surface area contributed by atoms with Crippen LogP contribution < -0.4 is 0 Å². The van der Waals surface area contributed by atoms with Gasteiger partial charge in [-0.1, -0.05) is 0 Å². The SMILES string of the molecule is O=Cc1cc(F)c([N+](=O)[O-])c(Br)c1. The van der Waals surface area contributed by atoms with Crippen molar-refractivity contribution in [1.82, 2.24) is 0 Å². The second kappa shape index (κ2) is 3.61. The highest BCUT2D eigenvalue weighted by molar-refractivity contribution is 9.10. The lowest BCUT2D eigenvalue weighted by molar-refractivity contribution is -0.388. The van der Waals surface area contributed by atoms with E-state index in [1.165, 1.54) is 6.07 Å². The third-order valence-electron chi connectivity index (χ3n) is 1.36. The zero-order valence-electron chi connectivity index (χ0n) is 6.16. The highest BCUT2D eigenvalue weighted by atomic mass is 79.9. The quantitative estimate of drug-likeness (QED) is 0.458. The number of nitro benzene ring substituents is 1. The Morgan fingerprint density at radius 1 is 1.54 bits per heavy atom. The minimum atomic E-state index is -1.03. The predicted molar refractivity (Wildman–Crippen MR) is 46.1 cm³/mol. The van der Waals surface area contributed by atoms with Crippen LogP contribution in [-0.2, 0) is 0 Å². The number of rotatable bonds is 2. The lowest BCUT2D eigenvalue weighted by atomic mass is 10.2. The van der Waals surface area contributed by atoms with Gasteiger partial charge in [0.25, 0.3) is 0 Å². The van der Waals surface area contributed by atoms with Crippen molar-refractivity contribution in [2.24, 2.45) is 0 Å². The summed E-state index contributed by atoms with van der Waals surface area (Å²) < 4.78 is 12.9. The molecular weight excluding hydrogens is 245 g/mol. The maximum absolute atomic E-state index is 12.9. The molecule has 13 heavy (non-hydrogen) atoms. The largest absolute Gasteiger partial charge is 0.318 e. The molecule has 0 fully saturated rings. The number of hydrogen-bond acceptors (Lipinski definition) is 3. The van der Waals surface area contributed by atoms with Gasteiger partial charge >= 0.3 is 5.69 Å². The lowest BCUT2D eigenvalue weighted by Gasteiger charge is -1.97. The highest BCUT2D eigenvalue weighted by Gasteiger charge is 2.19. The predicted octanol–water partition coefficient (Wildman–Crippen LogP) is 2.31. The van der Waals surface area contributed by atoms with E-state index in [0.29, 0.717) is 6.29 Å². The van der Waals surface area contributed by atoms with Gasteiger partial charge in [0, 0.05) is 5.56 Å². The van der Waals surface area contributed by atoms with Crippen LogP contribution in [0.2, 0.25) is 0 Å². The van der Waals surface area contributed by atoms with Crippen LogP contribution >= 0.6 is 15.9 Å². The average molecular weight is 248 g/mol. The summed E-state index contributed by atoms with van der Waals surface area (Å²) in [4.78, 5) is 19.7. The number of carbonyl (C=O) groups excluding carboxylic acids is 1. The molecule has 68 valence electrons. The summed E-state index contributed by atoms with van der Waals surface area (Å²) in [5, 5.41) is 10.3. The molecule has 0 unspecified atom stereocenters. The van der Waals surface area contributed by atoms with Gasteiger partial charge in [0.05, 0.1) is 9.40 Å². The molecule has 0 aliphatic heterocycles. The molecule has 0 spiro atoms. The molecule has 4 nitrogen and oxygen atoms in total. The van der Waals surface area contributed by atoms with E-state index in [2.05, 4.69) is 15.9 Å². The summed E-state index contributed by atoms with van der Waals surface area (Å²) in [6, 6.07) is 2.00. The summed E-state index contributed by atoms with van der Waals surface area (Å²) in [7, 11) is 0. The average Bonchev–Trinajstić information content (AvgIpc) is 2.02. The Hall–Kier alpha value is -1.30. The first kappa shape index (κ1) is 9.79. The van der Waals surface area contributed by atoms with Crippen molar-refractivity contribution in [1.29, 1.82) is 0 Å². The van der Waals surface area contributed by atoms with E-state index in [-0.39, 0.29) is 10.0 Å². The van der Waals surface area contributed by atoms with Gasteiger partial charge in [0.15, 0.2) is 0 Å². The molecule has 0 bridgehead atoms. The molecule has 1 aromatic carbocycles. The topological polar surface area (TPSA) is 60.2 Å². The Labute approximate surface area is 80.6 Å². The van der Waals surface area contributed by atoms with Crippen LogP contribution in [0.5, 0.6) is 0 Å². The molecule has 0 aromatic heterocycles. The van der Waals surface area contributed by atoms with E-state index in [1.54, 1.807) is 0 Å². The molecule has 6 heteroatoms. The van der Waals surface area contributed by atoms with Crippen LogP contribution in [0.25, 0.3) is 0 Å². The van der Waals surface area contributed by atoms with Crippen molar-refractivity contribution in [2.75, 3.05) is 0 Å². The van der Waals surface area contributed by atoms with Crippen molar-refractivity contribution in [2.45, 2.75) is 0 Å². The Kier molecular flexibility index (Phi) is 2.72. The van der Waals surface area contributed by atoms with E-state index in [0.717, 1.165) is 6.07 Å². The number of nitro groups is 1. The van der Waals surface area contributed by atoms with Crippen LogP contribution in [0, 0.1) is 15.9 Å². The fourth-order valence-electron chi connectivity index (χ4n) is 0.828. The van der Waals surface area contributed by atoms with Gasteiger partial charge in [-0.3, -0.25) is 14.9 Å². The van der Waals surface area contributed by atoms with Gasteiger partial charge < -0.3 is 0 Å². The highest BCUT2D eigenvalue weighted by Crippen LogP contribution is 2.28. The Morgan fingerprint density at radius 2 is 2.15 bits per heavy atom. The van der Waals surface area contributed by atoms with E-state index in [1.807, 2.05) is 0 Å². The summed E-state index contributed by atoms with van der Waals surface area (Å²) in [5.74, 6) is -1.03. The Bertz CT molecular complexity index is 357. The molecule has 0 radical (unpaired) electrons. The van der Waals surface area contributed by atoms with Crippen LogP contribution in [-0.4, -0.2) is 11.2 Å². The summed E-state index contributed by atoms with van der Waals surface area (Å²) in [6.45, 7) is 0. The molecule has 0 aliphatic rings. The van der Waals surface area contributed by atoms with E-state index in [9.17, 15) is 19.3 Å². The molecule has 0 atom stereocenters. The fourth-order valence-corrected chi connectivity index (χ4v) is 1.43. The Morgan fingerprint density at radius 3 is 2.54 bits per heavy atom. The summed E-state index contributed by atoms with van der Waals surface area (Å²) in [5.41, 5.74) is -0.611. The zero-order chi connectivity index (χ0) is 10.0. The van der Waals surface area contributed by atoms with Gasteiger partial charge in [-0.15, -0.1) is 0 Å². The first-order valence-electron chi connectivity index (χ1n) is 3.15. The number of hydrogen-bond donors (Lipinski definition) is 0. The number of nitrogens with zero attached hydrogens (tertiary/aromatic N) is 1. The second-order valence-electron chi connectivity index (χ2n) is 2.21. The molecular formula is C7H3BrFNO3. The number of benzene rings is 1. The van der Waals surface area contributed by atoms with E-state index < -0.39 is 16.4 Å². The van der Waals surface area contributed by atoms with Crippen molar-refractivity contribution in [3.8, 4) is 0 Å². The van der Waals surface area contributed by atoms with Crippen molar-refractivity contribution in [3.05, 3.63) is 38.1 Å². The standard InChI is InChI=1S/C7H3BrFNO3/c8-5-1-4(3-11)2-6(9)7(5)10(12)13/h1-3H. The molecule has 0 amide bonds. The van der Waals surface area contributed by atoms with Crippen molar-refractivity contribution >= 4 is 27.9 Å². The fraction of sp³-hybridized carbons (Fsp3) is 0. The second-order valence-corrected chi connectivity index (χ2v) is 3.06. The minimum Gasteiger partial charge on any atom is -0.298 e.